The van der Waals surface area contributed by atoms with Crippen molar-refractivity contribution in [2.75, 3.05) is 46.6 Å². The zero-order valence-electron chi connectivity index (χ0n) is 16.0. The van der Waals surface area contributed by atoms with E-state index in [0.29, 0.717) is 19.8 Å². The molecule has 0 saturated carbocycles. The van der Waals surface area contributed by atoms with Crippen LogP contribution in [0.25, 0.3) is 0 Å². The topological polar surface area (TPSA) is 75.1 Å². The molecule has 1 saturated heterocycles. The Morgan fingerprint density at radius 2 is 2.00 bits per heavy atom. The zero-order chi connectivity index (χ0) is 18.1. The average molecular weight is 477 g/mol. The van der Waals surface area contributed by atoms with Gasteiger partial charge in [-0.1, -0.05) is 6.07 Å². The van der Waals surface area contributed by atoms with Gasteiger partial charge < -0.3 is 25.2 Å². The standard InChI is InChI=1S/C19H31N3O3.HI/c1-15-10-16(2)12-17(11-15)25-9-6-21-18(20-3)22-13-19(4-7-23)5-8-24-14-19;/h10-12,23H,4-9,13-14H2,1-3H3,(H2,20,21,22);1H. The molecular weight excluding hydrogens is 445 g/mol. The van der Waals surface area contributed by atoms with Gasteiger partial charge in [0.2, 0.25) is 0 Å². The van der Waals surface area contributed by atoms with E-state index < -0.39 is 0 Å². The summed E-state index contributed by atoms with van der Waals surface area (Å²) in [7, 11) is 1.75. The Morgan fingerprint density at radius 1 is 1.27 bits per heavy atom. The summed E-state index contributed by atoms with van der Waals surface area (Å²) in [4.78, 5) is 4.25. The fourth-order valence-electron chi connectivity index (χ4n) is 3.16. The van der Waals surface area contributed by atoms with Crippen LogP contribution in [0.3, 0.4) is 0 Å². The van der Waals surface area contributed by atoms with Gasteiger partial charge >= 0.3 is 0 Å². The third-order valence-electron chi connectivity index (χ3n) is 4.54. The number of rotatable bonds is 8. The number of nitrogens with one attached hydrogen (secondary N) is 2. The van der Waals surface area contributed by atoms with Crippen LogP contribution in [0.2, 0.25) is 0 Å². The molecule has 3 N–H and O–H groups in total. The lowest BCUT2D eigenvalue weighted by Crippen LogP contribution is -2.45. The molecular formula is C19H32IN3O3. The average Bonchev–Trinajstić information content (AvgIpc) is 3.02. The van der Waals surface area contributed by atoms with E-state index in [9.17, 15) is 5.11 Å². The largest absolute Gasteiger partial charge is 0.492 e. The second kappa shape index (κ2) is 11.6. The SMILES string of the molecule is CN=C(NCCOc1cc(C)cc(C)c1)NCC1(CCO)CCOC1.I. The van der Waals surface area contributed by atoms with E-state index in [2.05, 4.69) is 35.5 Å². The Kier molecular flexibility index (Phi) is 10.3. The number of aryl methyl sites for hydroxylation is 2. The summed E-state index contributed by atoms with van der Waals surface area (Å²) in [5.74, 6) is 1.64. The van der Waals surface area contributed by atoms with Crippen LogP contribution in [0.5, 0.6) is 5.75 Å². The molecule has 1 heterocycles. The number of aliphatic imine (C=N–C) groups is 1. The van der Waals surface area contributed by atoms with Crippen LogP contribution in [0.1, 0.15) is 24.0 Å². The van der Waals surface area contributed by atoms with Gasteiger partial charge in [0, 0.05) is 32.2 Å². The molecule has 1 atom stereocenters. The molecule has 1 aromatic rings. The molecule has 1 unspecified atom stereocenters. The number of aliphatic hydroxyl groups is 1. The fraction of sp³-hybridized carbons (Fsp3) is 0.632. The minimum atomic E-state index is 0. The number of halogens is 1. The lowest BCUT2D eigenvalue weighted by Gasteiger charge is -2.27. The van der Waals surface area contributed by atoms with E-state index in [1.807, 2.05) is 12.1 Å². The first-order valence-electron chi connectivity index (χ1n) is 8.91. The van der Waals surface area contributed by atoms with Crippen LogP contribution < -0.4 is 15.4 Å². The summed E-state index contributed by atoms with van der Waals surface area (Å²) in [5, 5.41) is 15.9. The van der Waals surface area contributed by atoms with Gasteiger partial charge in [0.1, 0.15) is 12.4 Å². The zero-order valence-corrected chi connectivity index (χ0v) is 18.3. The molecule has 1 aliphatic heterocycles. The van der Waals surface area contributed by atoms with Crippen molar-refractivity contribution in [2.45, 2.75) is 26.7 Å². The molecule has 0 aliphatic carbocycles. The highest BCUT2D eigenvalue weighted by Gasteiger charge is 2.34. The smallest absolute Gasteiger partial charge is 0.191 e. The number of aliphatic hydroxyl groups excluding tert-OH is 1. The lowest BCUT2D eigenvalue weighted by molar-refractivity contribution is 0.127. The maximum absolute atomic E-state index is 9.29. The first-order valence-corrected chi connectivity index (χ1v) is 8.91. The lowest BCUT2D eigenvalue weighted by atomic mass is 9.84. The third kappa shape index (κ3) is 7.28. The summed E-state index contributed by atoms with van der Waals surface area (Å²) in [6.07, 6.45) is 1.71. The van der Waals surface area contributed by atoms with Crippen molar-refractivity contribution in [2.24, 2.45) is 10.4 Å². The Bertz CT molecular complexity index is 555. The van der Waals surface area contributed by atoms with Crippen LogP contribution in [0.4, 0.5) is 0 Å². The number of benzene rings is 1. The molecule has 6 nitrogen and oxygen atoms in total. The number of ether oxygens (including phenoxy) is 2. The van der Waals surface area contributed by atoms with Gasteiger partial charge in [-0.2, -0.15) is 0 Å². The quantitative estimate of drug-likeness (QED) is 0.232. The van der Waals surface area contributed by atoms with Crippen molar-refractivity contribution in [1.82, 2.24) is 10.6 Å². The van der Waals surface area contributed by atoms with Gasteiger partial charge in [0.25, 0.3) is 0 Å². The van der Waals surface area contributed by atoms with Gasteiger partial charge in [0.15, 0.2) is 5.96 Å². The van der Waals surface area contributed by atoms with Crippen LogP contribution in [0, 0.1) is 19.3 Å². The molecule has 0 spiro atoms. The molecule has 0 bridgehead atoms. The van der Waals surface area contributed by atoms with E-state index in [0.717, 1.165) is 37.7 Å². The van der Waals surface area contributed by atoms with Crippen LogP contribution in [0.15, 0.2) is 23.2 Å². The van der Waals surface area contributed by atoms with E-state index in [-0.39, 0.29) is 36.0 Å². The summed E-state index contributed by atoms with van der Waals surface area (Å²) < 4.78 is 11.3. The first kappa shape index (κ1) is 23.0. The maximum Gasteiger partial charge on any atom is 0.191 e. The molecule has 1 aromatic carbocycles. The molecule has 1 fully saturated rings. The first-order chi connectivity index (χ1) is 12.1. The summed E-state index contributed by atoms with van der Waals surface area (Å²) in [6.45, 7) is 7.74. The summed E-state index contributed by atoms with van der Waals surface area (Å²) in [5.41, 5.74) is 2.41. The van der Waals surface area contributed by atoms with Gasteiger partial charge in [0.05, 0.1) is 13.2 Å². The minimum absolute atomic E-state index is 0. The molecule has 0 radical (unpaired) electrons. The van der Waals surface area contributed by atoms with E-state index in [4.69, 9.17) is 9.47 Å². The van der Waals surface area contributed by atoms with E-state index >= 15 is 0 Å². The monoisotopic (exact) mass is 477 g/mol. The fourth-order valence-corrected chi connectivity index (χ4v) is 3.16. The molecule has 0 aromatic heterocycles. The van der Waals surface area contributed by atoms with Gasteiger partial charge in [-0.3, -0.25) is 4.99 Å². The highest BCUT2D eigenvalue weighted by Crippen LogP contribution is 2.31. The van der Waals surface area contributed by atoms with Crippen LogP contribution in [-0.2, 0) is 4.74 Å². The van der Waals surface area contributed by atoms with Gasteiger partial charge in [-0.05, 0) is 49.9 Å². The van der Waals surface area contributed by atoms with Gasteiger partial charge in [-0.15, -0.1) is 24.0 Å². The van der Waals surface area contributed by atoms with Crippen LogP contribution >= 0.6 is 24.0 Å². The predicted octanol–water partition coefficient (Wildman–Crippen LogP) is 2.25. The van der Waals surface area contributed by atoms with Crippen molar-refractivity contribution in [3.8, 4) is 5.75 Å². The molecule has 0 amide bonds. The second-order valence-electron chi connectivity index (χ2n) is 6.80. The number of hydrogen-bond donors (Lipinski definition) is 3. The molecule has 148 valence electrons. The molecule has 26 heavy (non-hydrogen) atoms. The number of nitrogens with zero attached hydrogens (tertiary/aromatic N) is 1. The van der Waals surface area contributed by atoms with Crippen molar-refractivity contribution in [3.63, 3.8) is 0 Å². The number of hydrogen-bond acceptors (Lipinski definition) is 4. The predicted molar refractivity (Wildman–Crippen MR) is 116 cm³/mol. The molecule has 2 rings (SSSR count). The highest BCUT2D eigenvalue weighted by atomic mass is 127. The normalized spacial score (nSPS) is 19.8. The van der Waals surface area contributed by atoms with Crippen LogP contribution in [-0.4, -0.2) is 57.6 Å². The van der Waals surface area contributed by atoms with E-state index in [1.54, 1.807) is 7.05 Å². The number of guanidine groups is 1. The van der Waals surface area contributed by atoms with E-state index in [1.165, 1.54) is 11.1 Å². The second-order valence-corrected chi connectivity index (χ2v) is 6.80. The molecule has 7 heteroatoms. The minimum Gasteiger partial charge on any atom is -0.492 e. The van der Waals surface area contributed by atoms with Crippen molar-refractivity contribution >= 4 is 29.9 Å². The van der Waals surface area contributed by atoms with Crippen molar-refractivity contribution in [1.29, 1.82) is 0 Å². The maximum atomic E-state index is 9.29. The van der Waals surface area contributed by atoms with Crippen molar-refractivity contribution < 1.29 is 14.6 Å². The Labute approximate surface area is 173 Å². The van der Waals surface area contributed by atoms with Gasteiger partial charge in [-0.25, -0.2) is 0 Å². The highest BCUT2D eigenvalue weighted by molar-refractivity contribution is 14.0. The summed E-state index contributed by atoms with van der Waals surface area (Å²) in [6, 6.07) is 6.21. The molecule has 1 aliphatic rings. The Morgan fingerprint density at radius 3 is 2.58 bits per heavy atom. The summed E-state index contributed by atoms with van der Waals surface area (Å²) >= 11 is 0. The van der Waals surface area contributed by atoms with Crippen molar-refractivity contribution in [3.05, 3.63) is 29.3 Å². The Hall–Kier alpha value is -1.06. The third-order valence-corrected chi connectivity index (χ3v) is 4.54. The Balaban J connectivity index is 0.00000338.